The molecular formula is C17H15N3O2. The van der Waals surface area contributed by atoms with Crippen LogP contribution in [0.25, 0.3) is 23.1 Å². The van der Waals surface area contributed by atoms with Crippen LogP contribution in [0, 0.1) is 6.92 Å². The van der Waals surface area contributed by atoms with Crippen molar-refractivity contribution in [2.24, 2.45) is 7.05 Å². The van der Waals surface area contributed by atoms with Gasteiger partial charge in [0.05, 0.1) is 23.0 Å². The molecule has 1 aromatic carbocycles. The average Bonchev–Trinajstić information content (AvgIpc) is 2.90. The first-order chi connectivity index (χ1) is 10.5. The maximum Gasteiger partial charge on any atom is 0.336 e. The van der Waals surface area contributed by atoms with Crippen LogP contribution in [0.1, 0.15) is 27.2 Å². The highest BCUT2D eigenvalue weighted by molar-refractivity contribution is 6.03. The molecule has 0 saturated carbocycles. The molecule has 0 bridgehead atoms. The molecule has 1 N–H and O–H groups in total. The summed E-state index contributed by atoms with van der Waals surface area (Å²) in [7, 11) is 1.84. The third kappa shape index (κ3) is 2.74. The van der Waals surface area contributed by atoms with E-state index < -0.39 is 5.97 Å². The summed E-state index contributed by atoms with van der Waals surface area (Å²) in [6, 6.07) is 7.21. The van der Waals surface area contributed by atoms with Crippen molar-refractivity contribution in [3.63, 3.8) is 0 Å². The fourth-order valence-electron chi connectivity index (χ4n) is 2.33. The summed E-state index contributed by atoms with van der Waals surface area (Å²) in [5.74, 6) is -0.950. The number of carbonyl (C=O) groups is 1. The SMILES string of the molecule is Cc1ccc2nc(/C=C/c3cnn(C)c3)cc(C(=O)O)c2c1. The maximum absolute atomic E-state index is 11.5. The fourth-order valence-corrected chi connectivity index (χ4v) is 2.33. The number of aromatic nitrogens is 3. The minimum absolute atomic E-state index is 0.263. The van der Waals surface area contributed by atoms with Gasteiger partial charge in [0.25, 0.3) is 0 Å². The summed E-state index contributed by atoms with van der Waals surface area (Å²) in [6.45, 7) is 1.93. The summed E-state index contributed by atoms with van der Waals surface area (Å²) >= 11 is 0. The van der Waals surface area contributed by atoms with Crippen LogP contribution in [0.3, 0.4) is 0 Å². The number of benzene rings is 1. The molecule has 0 atom stereocenters. The van der Waals surface area contributed by atoms with Crippen LogP contribution in [0.2, 0.25) is 0 Å². The summed E-state index contributed by atoms with van der Waals surface area (Å²) in [6.07, 6.45) is 7.27. The largest absolute Gasteiger partial charge is 0.478 e. The Morgan fingerprint density at radius 1 is 1.27 bits per heavy atom. The van der Waals surface area contributed by atoms with E-state index in [0.717, 1.165) is 11.1 Å². The Hall–Kier alpha value is -2.95. The predicted molar refractivity (Wildman–Crippen MR) is 85.6 cm³/mol. The molecule has 2 aromatic heterocycles. The van der Waals surface area contributed by atoms with E-state index in [2.05, 4.69) is 10.1 Å². The highest BCUT2D eigenvalue weighted by atomic mass is 16.4. The van der Waals surface area contributed by atoms with Crippen LogP contribution in [0.15, 0.2) is 36.7 Å². The third-order valence-corrected chi connectivity index (χ3v) is 3.39. The van der Waals surface area contributed by atoms with Gasteiger partial charge >= 0.3 is 5.97 Å². The lowest BCUT2D eigenvalue weighted by Crippen LogP contribution is -2.00. The first-order valence-electron chi connectivity index (χ1n) is 6.84. The number of hydrogen-bond donors (Lipinski definition) is 1. The van der Waals surface area contributed by atoms with E-state index in [1.165, 1.54) is 0 Å². The topological polar surface area (TPSA) is 68.0 Å². The van der Waals surface area contributed by atoms with Gasteiger partial charge < -0.3 is 5.11 Å². The number of hydrogen-bond acceptors (Lipinski definition) is 3. The van der Waals surface area contributed by atoms with Crippen molar-refractivity contribution < 1.29 is 9.90 Å². The highest BCUT2D eigenvalue weighted by Crippen LogP contribution is 2.21. The van der Waals surface area contributed by atoms with Gasteiger partial charge in [-0.05, 0) is 37.3 Å². The van der Waals surface area contributed by atoms with E-state index >= 15 is 0 Å². The summed E-state index contributed by atoms with van der Waals surface area (Å²) in [5, 5.41) is 14.2. The van der Waals surface area contributed by atoms with Crippen molar-refractivity contribution in [2.75, 3.05) is 0 Å². The number of carboxylic acids is 1. The molecule has 0 fully saturated rings. The number of nitrogens with zero attached hydrogens (tertiary/aromatic N) is 3. The average molecular weight is 293 g/mol. The standard InChI is InChI=1S/C17H15N3O2/c1-11-3-6-16-14(7-11)15(17(21)22)8-13(19-16)5-4-12-9-18-20(2)10-12/h3-10H,1-2H3,(H,21,22)/b5-4+. The van der Waals surface area contributed by atoms with E-state index in [9.17, 15) is 9.90 Å². The Morgan fingerprint density at radius 3 is 2.77 bits per heavy atom. The molecule has 0 radical (unpaired) electrons. The summed E-state index contributed by atoms with van der Waals surface area (Å²) in [5.41, 5.74) is 3.49. The lowest BCUT2D eigenvalue weighted by molar-refractivity contribution is 0.0699. The molecule has 5 heteroatoms. The van der Waals surface area contributed by atoms with Crippen molar-refractivity contribution >= 4 is 29.0 Å². The van der Waals surface area contributed by atoms with Gasteiger partial charge in [0.15, 0.2) is 0 Å². The number of rotatable bonds is 3. The van der Waals surface area contributed by atoms with E-state index in [0.29, 0.717) is 16.6 Å². The number of pyridine rings is 1. The second-order valence-corrected chi connectivity index (χ2v) is 5.20. The Morgan fingerprint density at radius 2 is 2.09 bits per heavy atom. The van der Waals surface area contributed by atoms with Crippen LogP contribution in [-0.2, 0) is 7.05 Å². The van der Waals surface area contributed by atoms with Gasteiger partial charge in [-0.2, -0.15) is 5.10 Å². The van der Waals surface area contributed by atoms with Gasteiger partial charge in [0, 0.05) is 24.2 Å². The van der Waals surface area contributed by atoms with Gasteiger partial charge in [-0.3, -0.25) is 4.68 Å². The number of carboxylic acid groups (broad SMARTS) is 1. The molecule has 0 saturated heterocycles. The lowest BCUT2D eigenvalue weighted by Gasteiger charge is -2.05. The zero-order chi connectivity index (χ0) is 15.7. The summed E-state index contributed by atoms with van der Waals surface area (Å²) in [4.78, 5) is 16.0. The Kier molecular flexibility index (Phi) is 3.47. The molecular weight excluding hydrogens is 278 g/mol. The molecule has 110 valence electrons. The van der Waals surface area contributed by atoms with E-state index in [1.54, 1.807) is 23.0 Å². The molecule has 0 aliphatic rings. The second kappa shape index (κ2) is 5.44. The maximum atomic E-state index is 11.5. The lowest BCUT2D eigenvalue weighted by atomic mass is 10.0. The number of fused-ring (bicyclic) bond motifs is 1. The monoisotopic (exact) mass is 293 g/mol. The van der Waals surface area contributed by atoms with Crippen LogP contribution in [-0.4, -0.2) is 25.8 Å². The number of aromatic carboxylic acids is 1. The molecule has 0 unspecified atom stereocenters. The predicted octanol–water partition coefficient (Wildman–Crippen LogP) is 3.15. The minimum Gasteiger partial charge on any atom is -0.478 e. The van der Waals surface area contributed by atoms with Gasteiger partial charge in [0.1, 0.15) is 0 Å². The first kappa shape index (κ1) is 14.0. The Balaban J connectivity index is 2.09. The Bertz CT molecular complexity index is 894. The highest BCUT2D eigenvalue weighted by Gasteiger charge is 2.11. The van der Waals surface area contributed by atoms with Crippen molar-refractivity contribution in [3.8, 4) is 0 Å². The van der Waals surface area contributed by atoms with Gasteiger partial charge in [-0.15, -0.1) is 0 Å². The van der Waals surface area contributed by atoms with Crippen LogP contribution in [0.4, 0.5) is 0 Å². The zero-order valence-electron chi connectivity index (χ0n) is 12.3. The van der Waals surface area contributed by atoms with Gasteiger partial charge in [-0.1, -0.05) is 11.6 Å². The normalized spacial score (nSPS) is 11.4. The van der Waals surface area contributed by atoms with Crippen molar-refractivity contribution in [1.82, 2.24) is 14.8 Å². The van der Waals surface area contributed by atoms with Crippen LogP contribution in [0.5, 0.6) is 0 Å². The second-order valence-electron chi connectivity index (χ2n) is 5.20. The quantitative estimate of drug-likeness (QED) is 0.805. The van der Waals surface area contributed by atoms with Crippen molar-refractivity contribution in [2.45, 2.75) is 6.92 Å². The molecule has 22 heavy (non-hydrogen) atoms. The molecule has 0 aliphatic heterocycles. The number of aryl methyl sites for hydroxylation is 2. The van der Waals surface area contributed by atoms with Gasteiger partial charge in [-0.25, -0.2) is 9.78 Å². The minimum atomic E-state index is -0.950. The van der Waals surface area contributed by atoms with Crippen LogP contribution < -0.4 is 0 Å². The van der Waals surface area contributed by atoms with Crippen molar-refractivity contribution in [1.29, 1.82) is 0 Å². The molecule has 0 spiro atoms. The first-order valence-corrected chi connectivity index (χ1v) is 6.84. The Labute approximate surface area is 127 Å². The van der Waals surface area contributed by atoms with E-state index in [1.807, 2.05) is 44.4 Å². The molecule has 5 nitrogen and oxygen atoms in total. The summed E-state index contributed by atoms with van der Waals surface area (Å²) < 4.78 is 1.71. The molecule has 0 amide bonds. The zero-order valence-corrected chi connectivity index (χ0v) is 12.3. The van der Waals surface area contributed by atoms with Crippen LogP contribution >= 0.6 is 0 Å². The third-order valence-electron chi connectivity index (χ3n) is 3.39. The molecule has 2 heterocycles. The smallest absolute Gasteiger partial charge is 0.336 e. The molecule has 3 rings (SSSR count). The van der Waals surface area contributed by atoms with E-state index in [4.69, 9.17) is 0 Å². The van der Waals surface area contributed by atoms with E-state index in [-0.39, 0.29) is 5.56 Å². The fraction of sp³-hybridized carbons (Fsp3) is 0.118. The van der Waals surface area contributed by atoms with Crippen molar-refractivity contribution in [3.05, 3.63) is 59.0 Å². The molecule has 3 aromatic rings. The molecule has 0 aliphatic carbocycles. The van der Waals surface area contributed by atoms with Gasteiger partial charge in [0.2, 0.25) is 0 Å².